The van der Waals surface area contributed by atoms with Crippen molar-refractivity contribution in [2.75, 3.05) is 13.2 Å². The monoisotopic (exact) mass is 405 g/mol. The number of carbonyl (C=O) groups excluding carboxylic acids is 2. The molecular weight excluding hydrogens is 382 g/mol. The predicted octanol–water partition coefficient (Wildman–Crippen LogP) is 2.44. The maximum absolute atomic E-state index is 13.0. The molecule has 4 rings (SSSR count). The van der Waals surface area contributed by atoms with Crippen molar-refractivity contribution in [3.63, 3.8) is 0 Å². The molecule has 7 heteroatoms. The molecule has 1 aromatic carbocycles. The Morgan fingerprint density at radius 1 is 1.00 bits per heavy atom. The zero-order valence-corrected chi connectivity index (χ0v) is 16.6. The van der Waals surface area contributed by atoms with Crippen LogP contribution < -0.4 is 20.5 Å². The van der Waals surface area contributed by atoms with Crippen molar-refractivity contribution in [3.8, 4) is 23.3 Å². The number of primary amides is 1. The molecule has 0 bridgehead atoms. The zero-order chi connectivity index (χ0) is 21.0. The SMILES string of the molecule is NC(=O)c1cncc(C#CC2(NC(=O)c3ccc4c(c3)OCCO4)CCCCC2)c1. The van der Waals surface area contributed by atoms with Gasteiger partial charge in [-0.2, -0.15) is 0 Å². The van der Waals surface area contributed by atoms with E-state index in [4.69, 9.17) is 15.2 Å². The van der Waals surface area contributed by atoms with Crippen LogP contribution in [-0.2, 0) is 0 Å². The first-order chi connectivity index (χ1) is 14.5. The van der Waals surface area contributed by atoms with Crippen molar-refractivity contribution >= 4 is 11.8 Å². The molecule has 30 heavy (non-hydrogen) atoms. The van der Waals surface area contributed by atoms with Crippen molar-refractivity contribution in [2.24, 2.45) is 5.73 Å². The number of hydrogen-bond donors (Lipinski definition) is 2. The molecule has 2 amide bonds. The summed E-state index contributed by atoms with van der Waals surface area (Å²) < 4.78 is 11.1. The number of hydrogen-bond acceptors (Lipinski definition) is 5. The highest BCUT2D eigenvalue weighted by Crippen LogP contribution is 2.32. The van der Waals surface area contributed by atoms with Gasteiger partial charge in [-0.1, -0.05) is 31.1 Å². The highest BCUT2D eigenvalue weighted by Gasteiger charge is 2.32. The van der Waals surface area contributed by atoms with Gasteiger partial charge in [0.15, 0.2) is 11.5 Å². The molecule has 2 aliphatic rings. The lowest BCUT2D eigenvalue weighted by Gasteiger charge is -2.33. The van der Waals surface area contributed by atoms with Crippen LogP contribution in [0.1, 0.15) is 58.4 Å². The van der Waals surface area contributed by atoms with E-state index in [0.29, 0.717) is 41.4 Å². The van der Waals surface area contributed by atoms with E-state index in [1.807, 2.05) is 0 Å². The fourth-order valence-electron chi connectivity index (χ4n) is 3.75. The third kappa shape index (κ3) is 4.38. The van der Waals surface area contributed by atoms with Gasteiger partial charge in [-0.3, -0.25) is 14.6 Å². The molecule has 1 aromatic heterocycles. The fourth-order valence-corrected chi connectivity index (χ4v) is 3.75. The number of carbonyl (C=O) groups is 2. The number of pyridine rings is 1. The molecular formula is C23H23N3O4. The van der Waals surface area contributed by atoms with Crippen molar-refractivity contribution in [3.05, 3.63) is 53.3 Å². The van der Waals surface area contributed by atoms with Gasteiger partial charge >= 0.3 is 0 Å². The van der Waals surface area contributed by atoms with Crippen LogP contribution in [0.25, 0.3) is 0 Å². The predicted molar refractivity (Wildman–Crippen MR) is 110 cm³/mol. The quantitative estimate of drug-likeness (QED) is 0.764. The fraction of sp³-hybridized carbons (Fsp3) is 0.348. The van der Waals surface area contributed by atoms with Gasteiger partial charge in [-0.05, 0) is 37.1 Å². The molecule has 1 aliphatic carbocycles. The highest BCUT2D eigenvalue weighted by atomic mass is 16.6. The Hall–Kier alpha value is -3.53. The van der Waals surface area contributed by atoms with Gasteiger partial charge in [0.1, 0.15) is 18.8 Å². The van der Waals surface area contributed by atoms with Crippen LogP contribution in [0.2, 0.25) is 0 Å². The second-order valence-corrected chi connectivity index (χ2v) is 7.53. The van der Waals surface area contributed by atoms with Crippen molar-refractivity contribution in [1.29, 1.82) is 0 Å². The van der Waals surface area contributed by atoms with Gasteiger partial charge < -0.3 is 20.5 Å². The van der Waals surface area contributed by atoms with Gasteiger partial charge in [0.2, 0.25) is 5.91 Å². The van der Waals surface area contributed by atoms with E-state index in [2.05, 4.69) is 22.1 Å². The minimum Gasteiger partial charge on any atom is -0.486 e. The van der Waals surface area contributed by atoms with Gasteiger partial charge in [0.25, 0.3) is 5.91 Å². The first-order valence-electron chi connectivity index (χ1n) is 10.0. The van der Waals surface area contributed by atoms with Crippen LogP contribution >= 0.6 is 0 Å². The maximum atomic E-state index is 13.0. The first kappa shape index (κ1) is 19.8. The summed E-state index contributed by atoms with van der Waals surface area (Å²) in [5.74, 6) is 6.80. The summed E-state index contributed by atoms with van der Waals surface area (Å²) in [6, 6.07) is 6.80. The van der Waals surface area contributed by atoms with Crippen LogP contribution in [0.5, 0.6) is 11.5 Å². The van der Waals surface area contributed by atoms with Gasteiger partial charge in [-0.25, -0.2) is 0 Å². The minimum absolute atomic E-state index is 0.202. The number of amides is 2. The Labute approximate surface area is 175 Å². The summed E-state index contributed by atoms with van der Waals surface area (Å²) in [6.45, 7) is 0.967. The molecule has 1 fully saturated rings. The molecule has 1 aliphatic heterocycles. The number of nitrogens with one attached hydrogen (secondary N) is 1. The number of rotatable bonds is 3. The van der Waals surface area contributed by atoms with E-state index in [1.165, 1.54) is 6.20 Å². The largest absolute Gasteiger partial charge is 0.486 e. The normalized spacial score (nSPS) is 16.7. The molecule has 0 saturated heterocycles. The Kier molecular flexibility index (Phi) is 5.57. The third-order valence-electron chi connectivity index (χ3n) is 5.33. The molecule has 154 valence electrons. The smallest absolute Gasteiger partial charge is 0.252 e. The van der Waals surface area contributed by atoms with E-state index in [0.717, 1.165) is 32.1 Å². The highest BCUT2D eigenvalue weighted by molar-refractivity contribution is 5.95. The summed E-state index contributed by atoms with van der Waals surface area (Å²) in [5, 5.41) is 3.14. The van der Waals surface area contributed by atoms with Crippen LogP contribution in [0.3, 0.4) is 0 Å². The summed E-state index contributed by atoms with van der Waals surface area (Å²) >= 11 is 0. The molecule has 0 spiro atoms. The van der Waals surface area contributed by atoms with Gasteiger partial charge in [-0.15, -0.1) is 0 Å². The second kappa shape index (κ2) is 8.46. The van der Waals surface area contributed by atoms with Crippen molar-refractivity contribution in [1.82, 2.24) is 10.3 Å². The molecule has 0 unspecified atom stereocenters. The van der Waals surface area contributed by atoms with E-state index in [9.17, 15) is 9.59 Å². The molecule has 7 nitrogen and oxygen atoms in total. The van der Waals surface area contributed by atoms with E-state index < -0.39 is 11.4 Å². The van der Waals surface area contributed by atoms with Gasteiger partial charge in [0.05, 0.1) is 5.56 Å². The first-order valence-corrected chi connectivity index (χ1v) is 10.0. The van der Waals surface area contributed by atoms with E-state index in [-0.39, 0.29) is 5.91 Å². The number of benzene rings is 1. The Morgan fingerprint density at radius 2 is 1.77 bits per heavy atom. The topological polar surface area (TPSA) is 104 Å². The number of nitrogens with two attached hydrogens (primary N) is 1. The van der Waals surface area contributed by atoms with Crippen molar-refractivity contribution in [2.45, 2.75) is 37.6 Å². The summed E-state index contributed by atoms with van der Waals surface area (Å²) in [6.07, 6.45) is 7.60. The zero-order valence-electron chi connectivity index (χ0n) is 16.6. The third-order valence-corrected chi connectivity index (χ3v) is 5.33. The summed E-state index contributed by atoms with van der Waals surface area (Å²) in [4.78, 5) is 28.4. The summed E-state index contributed by atoms with van der Waals surface area (Å²) in [5.41, 5.74) is 6.09. The molecule has 3 N–H and O–H groups in total. The van der Waals surface area contributed by atoms with E-state index in [1.54, 1.807) is 30.5 Å². The number of ether oxygens (including phenoxy) is 2. The lowest BCUT2D eigenvalue weighted by molar-refractivity contribution is 0.0902. The van der Waals surface area contributed by atoms with Crippen molar-refractivity contribution < 1.29 is 19.1 Å². The van der Waals surface area contributed by atoms with Crippen LogP contribution in [0.4, 0.5) is 0 Å². The molecule has 0 radical (unpaired) electrons. The molecule has 0 atom stereocenters. The minimum atomic E-state index is -0.634. The average molecular weight is 405 g/mol. The number of fused-ring (bicyclic) bond motifs is 1. The van der Waals surface area contributed by atoms with Crippen LogP contribution in [0.15, 0.2) is 36.7 Å². The molecule has 2 aromatic rings. The van der Waals surface area contributed by atoms with Crippen LogP contribution in [0, 0.1) is 11.8 Å². The van der Waals surface area contributed by atoms with Crippen LogP contribution in [-0.4, -0.2) is 35.6 Å². The second-order valence-electron chi connectivity index (χ2n) is 7.53. The molecule has 2 heterocycles. The lowest BCUT2D eigenvalue weighted by Crippen LogP contribution is -2.48. The lowest BCUT2D eigenvalue weighted by atomic mass is 9.81. The number of nitrogens with zero attached hydrogens (tertiary/aromatic N) is 1. The van der Waals surface area contributed by atoms with Gasteiger partial charge in [0, 0.05) is 23.5 Å². The summed E-state index contributed by atoms with van der Waals surface area (Å²) in [7, 11) is 0. The Morgan fingerprint density at radius 3 is 2.53 bits per heavy atom. The standard InChI is InChI=1S/C23H23N3O4/c24-21(27)18-12-16(14-25-15-18)6-9-23(7-2-1-3-8-23)26-22(28)17-4-5-19-20(13-17)30-11-10-29-19/h4-5,12-15H,1-3,7-8,10-11H2,(H2,24,27)(H,26,28). The Bertz CT molecular complexity index is 1030. The average Bonchev–Trinajstić information content (AvgIpc) is 2.78. The maximum Gasteiger partial charge on any atom is 0.252 e. The van der Waals surface area contributed by atoms with E-state index >= 15 is 0 Å². The molecule has 1 saturated carbocycles. The number of aromatic nitrogens is 1. The Balaban J connectivity index is 1.58.